The van der Waals surface area contributed by atoms with Crippen molar-refractivity contribution >= 4 is 29.6 Å². The van der Waals surface area contributed by atoms with E-state index in [1.807, 2.05) is 0 Å². The van der Waals surface area contributed by atoms with Gasteiger partial charge in [-0.15, -0.1) is 0 Å². The summed E-state index contributed by atoms with van der Waals surface area (Å²) in [6.45, 7) is 1.15. The minimum Gasteiger partial charge on any atom is -0.463 e. The summed E-state index contributed by atoms with van der Waals surface area (Å²) in [5.41, 5.74) is 0. The van der Waals surface area contributed by atoms with E-state index in [-0.39, 0.29) is 0 Å². The number of ether oxygens (including phenoxy) is 10. The molecule has 72 heavy (non-hydrogen) atoms. The van der Waals surface area contributed by atoms with Crippen LogP contribution in [0.5, 0.6) is 0 Å². The van der Waals surface area contributed by atoms with Crippen LogP contribution < -0.4 is 26.6 Å². The van der Waals surface area contributed by atoms with Crippen molar-refractivity contribution in [1.29, 1.82) is 0 Å². The molecule has 5 heterocycles. The predicted molar refractivity (Wildman–Crippen MR) is 229 cm³/mol. The van der Waals surface area contributed by atoms with Crippen LogP contribution in [0.1, 0.15) is 34.6 Å². The molecule has 25 atom stereocenters. The molecule has 0 spiro atoms. The molecule has 414 valence electrons. The Kier molecular flexibility index (Phi) is 21.7. The maximum Gasteiger partial charge on any atom is 0.302 e. The number of aliphatic hydroxyl groups is 11. The SMILES string of the molecule is CNC1C(OC2C(CO)OC(OC3C(CO)OC(OC4C(CO)OC(OC5C(CO)OC(O)C(NC(C)=O)C5O)C(NC(C)=O)C4O)C(NC(C)=O)C3O)C(NC(C)=O)C2O)OC(COC(C)=O)C(O)C1O. The van der Waals surface area contributed by atoms with Gasteiger partial charge in [-0.1, -0.05) is 0 Å². The van der Waals surface area contributed by atoms with E-state index >= 15 is 0 Å². The van der Waals surface area contributed by atoms with E-state index < -0.39 is 216 Å². The molecular formula is C41H69N5O26. The van der Waals surface area contributed by atoms with Crippen LogP contribution in [0.3, 0.4) is 0 Å². The number of carbonyl (C=O) groups is 5. The monoisotopic (exact) mass is 1050 g/mol. The fraction of sp³-hybridized carbons (Fsp3) is 0.878. The van der Waals surface area contributed by atoms with E-state index in [2.05, 4.69) is 26.6 Å². The summed E-state index contributed by atoms with van der Waals surface area (Å²) in [6, 6.07) is -7.67. The third kappa shape index (κ3) is 13.9. The Bertz CT molecular complexity index is 1810. The third-order valence-electron chi connectivity index (χ3n) is 12.6. The Morgan fingerprint density at radius 3 is 1.00 bits per heavy atom. The number of amides is 4. The summed E-state index contributed by atoms with van der Waals surface area (Å²) in [6.07, 6.45) is -34.0. The second-order valence-corrected chi connectivity index (χ2v) is 17.8. The first kappa shape index (κ1) is 59.4. The first-order chi connectivity index (χ1) is 34.0. The first-order valence-electron chi connectivity index (χ1n) is 23.0. The smallest absolute Gasteiger partial charge is 0.302 e. The maximum atomic E-state index is 12.7. The first-order valence-corrected chi connectivity index (χ1v) is 23.0. The van der Waals surface area contributed by atoms with Gasteiger partial charge in [-0.25, -0.2) is 0 Å². The van der Waals surface area contributed by atoms with Gasteiger partial charge in [0.1, 0.15) is 122 Å². The number of likely N-dealkylation sites (N-methyl/N-ethyl adjacent to an activating group) is 1. The molecule has 4 amide bonds. The zero-order valence-electron chi connectivity index (χ0n) is 40.0. The molecule has 0 aliphatic carbocycles. The summed E-state index contributed by atoms with van der Waals surface area (Å²) < 4.78 is 58.4. The van der Waals surface area contributed by atoms with Crippen molar-refractivity contribution in [2.45, 2.75) is 188 Å². The van der Waals surface area contributed by atoms with Crippen molar-refractivity contribution in [3.63, 3.8) is 0 Å². The average Bonchev–Trinajstić information content (AvgIpc) is 3.31. The molecule has 5 saturated heterocycles. The lowest BCUT2D eigenvalue weighted by molar-refractivity contribution is -0.367. The number of nitrogens with one attached hydrogen (secondary N) is 5. The molecule has 16 N–H and O–H groups in total. The zero-order valence-corrected chi connectivity index (χ0v) is 40.0. The van der Waals surface area contributed by atoms with Crippen molar-refractivity contribution in [2.75, 3.05) is 40.1 Å². The van der Waals surface area contributed by atoms with Gasteiger partial charge in [-0.2, -0.15) is 0 Å². The molecule has 0 aromatic carbocycles. The molecule has 5 aliphatic rings. The molecule has 0 bridgehead atoms. The molecule has 31 heteroatoms. The average molecular weight is 1050 g/mol. The van der Waals surface area contributed by atoms with E-state index in [1.165, 1.54) is 7.05 Å². The highest BCUT2D eigenvalue weighted by Crippen LogP contribution is 2.36. The van der Waals surface area contributed by atoms with Crippen molar-refractivity contribution in [1.82, 2.24) is 26.6 Å². The van der Waals surface area contributed by atoms with Gasteiger partial charge in [0.15, 0.2) is 31.5 Å². The molecule has 25 unspecified atom stereocenters. The van der Waals surface area contributed by atoms with Crippen molar-refractivity contribution in [3.05, 3.63) is 0 Å². The Labute approximate surface area is 411 Å². The molecule has 5 rings (SSSR count). The molecule has 31 nitrogen and oxygen atoms in total. The van der Waals surface area contributed by atoms with Crippen LogP contribution in [-0.4, -0.2) is 279 Å². The van der Waals surface area contributed by atoms with E-state index in [9.17, 15) is 80.1 Å². The summed E-state index contributed by atoms with van der Waals surface area (Å²) in [5, 5.41) is 133. The summed E-state index contributed by atoms with van der Waals surface area (Å²) in [4.78, 5) is 61.2. The largest absolute Gasteiger partial charge is 0.463 e. The second kappa shape index (κ2) is 26.3. The van der Waals surface area contributed by atoms with Crippen LogP contribution in [0.25, 0.3) is 0 Å². The standard InChI is InChI=1S/C41H69N5O26/c1-12(51)43-22-29(58)33(17(7-47)64-37(22)62)70-39-25(45-14(3)53)31(60)35(19(9-49)66-39)72-41-26(46-15(4)54)32(61)36(20(10-50)67-41)71-40-24(44-13(2)52)30(59)34(18(8-48)65-40)69-38-23(42-6)28(57)27(56)21(68-38)11-63-16(5)55/h17-42,47-50,56-62H,7-11H2,1-6H3,(H,43,51)(H,44,52)(H,45,53)(H,46,54). The van der Waals surface area contributed by atoms with Crippen molar-refractivity contribution in [3.8, 4) is 0 Å². The van der Waals surface area contributed by atoms with Crippen LogP contribution in [-0.2, 0) is 71.3 Å². The van der Waals surface area contributed by atoms with Gasteiger partial charge < -0.3 is 130 Å². The highest BCUT2D eigenvalue weighted by Gasteiger charge is 2.57. The Hall–Kier alpha value is -3.49. The highest BCUT2D eigenvalue weighted by molar-refractivity contribution is 5.74. The van der Waals surface area contributed by atoms with E-state index in [0.717, 1.165) is 34.6 Å². The van der Waals surface area contributed by atoms with Gasteiger partial charge in [0, 0.05) is 34.6 Å². The molecule has 0 aromatic heterocycles. The van der Waals surface area contributed by atoms with Crippen molar-refractivity contribution < 1.29 is 128 Å². The number of rotatable bonds is 19. The predicted octanol–water partition coefficient (Wildman–Crippen LogP) is -10.6. The normalized spacial score (nSPS) is 43.5. The van der Waals surface area contributed by atoms with E-state index in [0.29, 0.717) is 0 Å². The van der Waals surface area contributed by atoms with Gasteiger partial charge in [0.05, 0.1) is 32.5 Å². The Balaban J connectivity index is 1.39. The number of esters is 1. The van der Waals surface area contributed by atoms with Gasteiger partial charge in [-0.05, 0) is 7.05 Å². The summed E-state index contributed by atoms with van der Waals surface area (Å²) in [7, 11) is 1.40. The zero-order chi connectivity index (χ0) is 53.5. The lowest BCUT2D eigenvalue weighted by Gasteiger charge is -2.51. The number of aliphatic hydroxyl groups excluding tert-OH is 11. The van der Waals surface area contributed by atoms with Gasteiger partial charge >= 0.3 is 5.97 Å². The quantitative estimate of drug-likeness (QED) is 0.0534. The van der Waals surface area contributed by atoms with Crippen LogP contribution >= 0.6 is 0 Å². The number of hydrogen-bond donors (Lipinski definition) is 16. The second-order valence-electron chi connectivity index (χ2n) is 17.8. The van der Waals surface area contributed by atoms with Crippen LogP contribution in [0.2, 0.25) is 0 Å². The number of hydrogen-bond acceptors (Lipinski definition) is 27. The van der Waals surface area contributed by atoms with Gasteiger partial charge in [0.2, 0.25) is 23.6 Å². The molecule has 5 aliphatic heterocycles. The fourth-order valence-corrected chi connectivity index (χ4v) is 9.17. The van der Waals surface area contributed by atoms with Gasteiger partial charge in [0.25, 0.3) is 0 Å². The fourth-order valence-electron chi connectivity index (χ4n) is 9.17. The Morgan fingerprint density at radius 2 is 0.694 bits per heavy atom. The highest BCUT2D eigenvalue weighted by atomic mass is 16.8. The summed E-state index contributed by atoms with van der Waals surface area (Å²) in [5.74, 6) is -3.74. The van der Waals surface area contributed by atoms with Crippen LogP contribution in [0.4, 0.5) is 0 Å². The minimum atomic E-state index is -1.98. The molecule has 0 radical (unpaired) electrons. The molecule has 5 fully saturated rings. The molecular weight excluding hydrogens is 978 g/mol. The van der Waals surface area contributed by atoms with Gasteiger partial charge in [-0.3, -0.25) is 24.0 Å². The molecule has 0 saturated carbocycles. The summed E-state index contributed by atoms with van der Waals surface area (Å²) >= 11 is 0. The maximum absolute atomic E-state index is 12.7. The van der Waals surface area contributed by atoms with Crippen LogP contribution in [0.15, 0.2) is 0 Å². The lowest BCUT2D eigenvalue weighted by atomic mass is 9.93. The van der Waals surface area contributed by atoms with Crippen LogP contribution in [0, 0.1) is 0 Å². The van der Waals surface area contributed by atoms with Crippen molar-refractivity contribution in [2.24, 2.45) is 0 Å². The lowest BCUT2D eigenvalue weighted by Crippen LogP contribution is -2.72. The molecule has 0 aromatic rings. The minimum absolute atomic E-state index is 0.514. The third-order valence-corrected chi connectivity index (χ3v) is 12.6. The van der Waals surface area contributed by atoms with E-state index in [4.69, 9.17) is 47.4 Å². The van der Waals surface area contributed by atoms with E-state index in [1.54, 1.807) is 0 Å². The number of carbonyl (C=O) groups excluding carboxylic acids is 5. The topological polar surface area (TPSA) is 460 Å². The Morgan fingerprint density at radius 1 is 0.403 bits per heavy atom.